The van der Waals surface area contributed by atoms with Crippen molar-refractivity contribution in [2.45, 2.75) is 13.3 Å². The molecule has 1 aromatic rings. The lowest BCUT2D eigenvalue weighted by Crippen LogP contribution is -2.07. The Labute approximate surface area is 117 Å². The van der Waals surface area contributed by atoms with Gasteiger partial charge in [-0.3, -0.25) is 0 Å². The van der Waals surface area contributed by atoms with Gasteiger partial charge in [-0.1, -0.05) is 36.2 Å². The number of benzene rings is 1. The van der Waals surface area contributed by atoms with Gasteiger partial charge in [-0.25, -0.2) is 4.79 Å². The number of methoxy groups -OCH3 is 1. The van der Waals surface area contributed by atoms with Crippen LogP contribution in [0.15, 0.2) is 29.8 Å². The predicted octanol–water partition coefficient (Wildman–Crippen LogP) is 3.91. The lowest BCUT2D eigenvalue weighted by atomic mass is 10.2. The van der Waals surface area contributed by atoms with Crippen LogP contribution >= 0.6 is 23.2 Å². The molecule has 0 spiro atoms. The number of halogens is 2. The van der Waals surface area contributed by atoms with E-state index in [1.807, 2.05) is 6.92 Å². The summed E-state index contributed by atoms with van der Waals surface area (Å²) in [6, 6.07) is 5.20. The second-order valence-corrected chi connectivity index (χ2v) is 4.49. The first-order valence-electron chi connectivity index (χ1n) is 5.54. The first-order valence-corrected chi connectivity index (χ1v) is 6.29. The number of esters is 1. The largest absolute Gasteiger partial charge is 0.466 e. The van der Waals surface area contributed by atoms with E-state index in [1.165, 1.54) is 7.11 Å². The Hall–Kier alpha value is -1.19. The number of rotatable bonds is 5. The van der Waals surface area contributed by atoms with Crippen molar-refractivity contribution < 1.29 is 9.53 Å². The van der Waals surface area contributed by atoms with E-state index in [0.29, 0.717) is 28.6 Å². The lowest BCUT2D eigenvalue weighted by Gasteiger charge is -2.06. The summed E-state index contributed by atoms with van der Waals surface area (Å²) in [5.41, 5.74) is 1.45. The molecule has 0 aliphatic carbocycles. The van der Waals surface area contributed by atoms with E-state index in [4.69, 9.17) is 23.2 Å². The zero-order valence-corrected chi connectivity index (χ0v) is 11.8. The minimum Gasteiger partial charge on any atom is -0.466 e. The number of nitrogens with one attached hydrogen (secondary N) is 1. The third-order valence-electron chi connectivity index (χ3n) is 2.35. The van der Waals surface area contributed by atoms with Crippen LogP contribution in [0.4, 0.5) is 5.69 Å². The Balaban J connectivity index is 2.64. The highest BCUT2D eigenvalue weighted by atomic mass is 35.5. The summed E-state index contributed by atoms with van der Waals surface area (Å²) in [6.07, 6.45) is 2.42. The minimum atomic E-state index is -0.302. The molecule has 0 aliphatic rings. The van der Waals surface area contributed by atoms with Gasteiger partial charge in [0.05, 0.1) is 7.11 Å². The van der Waals surface area contributed by atoms with Gasteiger partial charge in [0.2, 0.25) is 0 Å². The fraction of sp³-hybridized carbons (Fsp3) is 0.308. The molecule has 0 atom stereocenters. The van der Waals surface area contributed by atoms with Crippen LogP contribution in [0.2, 0.25) is 10.0 Å². The minimum absolute atomic E-state index is 0.302. The molecular weight excluding hydrogens is 273 g/mol. The Kier molecular flexibility index (Phi) is 6.02. The zero-order valence-electron chi connectivity index (χ0n) is 10.3. The quantitative estimate of drug-likeness (QED) is 0.659. The van der Waals surface area contributed by atoms with E-state index in [2.05, 4.69) is 10.1 Å². The number of hydrogen-bond donors (Lipinski definition) is 1. The number of anilines is 1. The molecule has 0 aromatic heterocycles. The average Bonchev–Trinajstić information content (AvgIpc) is 2.32. The third-order valence-corrected chi connectivity index (χ3v) is 2.78. The van der Waals surface area contributed by atoms with Gasteiger partial charge in [-0.15, -0.1) is 0 Å². The van der Waals surface area contributed by atoms with Crippen molar-refractivity contribution in [3.8, 4) is 0 Å². The van der Waals surface area contributed by atoms with Crippen LogP contribution in [0.1, 0.15) is 13.3 Å². The van der Waals surface area contributed by atoms with Crippen LogP contribution in [0.25, 0.3) is 0 Å². The van der Waals surface area contributed by atoms with Crippen molar-refractivity contribution in [2.24, 2.45) is 0 Å². The molecular formula is C13H15Cl2NO2. The van der Waals surface area contributed by atoms with E-state index in [-0.39, 0.29) is 5.97 Å². The normalized spacial score (nSPS) is 11.2. The summed E-state index contributed by atoms with van der Waals surface area (Å²) in [4.78, 5) is 11.3. The summed E-state index contributed by atoms with van der Waals surface area (Å²) in [5.74, 6) is -0.302. The first kappa shape index (κ1) is 14.9. The van der Waals surface area contributed by atoms with Gasteiger partial charge < -0.3 is 10.1 Å². The molecule has 0 amide bonds. The maximum atomic E-state index is 11.3. The van der Waals surface area contributed by atoms with Crippen molar-refractivity contribution in [1.29, 1.82) is 0 Å². The second-order valence-electron chi connectivity index (χ2n) is 3.61. The van der Waals surface area contributed by atoms with E-state index in [1.54, 1.807) is 24.3 Å². The van der Waals surface area contributed by atoms with E-state index < -0.39 is 0 Å². The molecule has 0 heterocycles. The van der Waals surface area contributed by atoms with Crippen LogP contribution in [0, 0.1) is 0 Å². The van der Waals surface area contributed by atoms with E-state index in [9.17, 15) is 4.79 Å². The van der Waals surface area contributed by atoms with Gasteiger partial charge in [-0.2, -0.15) is 0 Å². The molecule has 1 N–H and O–H groups in total. The molecule has 3 nitrogen and oxygen atoms in total. The number of hydrogen-bond acceptors (Lipinski definition) is 3. The molecule has 0 fully saturated rings. The van der Waals surface area contributed by atoms with Crippen LogP contribution in [0.3, 0.4) is 0 Å². The number of carbonyl (C=O) groups excluding carboxylic acids is 1. The third kappa shape index (κ3) is 4.59. The Morgan fingerprint density at radius 1 is 1.33 bits per heavy atom. The van der Waals surface area contributed by atoms with Crippen LogP contribution in [-0.4, -0.2) is 19.6 Å². The van der Waals surface area contributed by atoms with Crippen LogP contribution in [0.5, 0.6) is 0 Å². The molecule has 0 aliphatic heterocycles. The Bertz CT molecular complexity index is 438. The van der Waals surface area contributed by atoms with E-state index >= 15 is 0 Å². The molecule has 98 valence electrons. The van der Waals surface area contributed by atoms with Gasteiger partial charge >= 0.3 is 5.97 Å². The topological polar surface area (TPSA) is 38.3 Å². The highest BCUT2D eigenvalue weighted by molar-refractivity contribution is 6.35. The Morgan fingerprint density at radius 2 is 1.94 bits per heavy atom. The Morgan fingerprint density at radius 3 is 2.44 bits per heavy atom. The summed E-state index contributed by atoms with van der Waals surface area (Å²) >= 11 is 11.8. The average molecular weight is 288 g/mol. The van der Waals surface area contributed by atoms with Crippen molar-refractivity contribution in [3.05, 3.63) is 39.9 Å². The van der Waals surface area contributed by atoms with Crippen molar-refractivity contribution in [3.63, 3.8) is 0 Å². The zero-order chi connectivity index (χ0) is 13.5. The maximum absolute atomic E-state index is 11.3. The highest BCUT2D eigenvalue weighted by Gasteiger charge is 2.05. The lowest BCUT2D eigenvalue weighted by molar-refractivity contribution is -0.136. The summed E-state index contributed by atoms with van der Waals surface area (Å²) < 4.78 is 4.67. The summed E-state index contributed by atoms with van der Waals surface area (Å²) in [7, 11) is 1.37. The van der Waals surface area contributed by atoms with Gasteiger partial charge in [0, 0.05) is 27.9 Å². The fourth-order valence-electron chi connectivity index (χ4n) is 1.45. The first-order chi connectivity index (χ1) is 8.56. The van der Waals surface area contributed by atoms with Gasteiger partial charge in [0.15, 0.2) is 0 Å². The summed E-state index contributed by atoms with van der Waals surface area (Å²) in [6.45, 7) is 2.41. The molecule has 1 aromatic carbocycles. The molecule has 0 radical (unpaired) electrons. The molecule has 0 unspecified atom stereocenters. The molecule has 0 bridgehead atoms. The second kappa shape index (κ2) is 7.29. The maximum Gasteiger partial charge on any atom is 0.333 e. The van der Waals surface area contributed by atoms with Crippen molar-refractivity contribution in [1.82, 2.24) is 0 Å². The van der Waals surface area contributed by atoms with E-state index in [0.717, 1.165) is 5.69 Å². The van der Waals surface area contributed by atoms with Gasteiger partial charge in [-0.05, 0) is 24.6 Å². The fourth-order valence-corrected chi connectivity index (χ4v) is 1.98. The highest BCUT2D eigenvalue weighted by Crippen LogP contribution is 2.22. The molecule has 18 heavy (non-hydrogen) atoms. The molecule has 1 rings (SSSR count). The standard InChI is InChI=1S/C13H15Cl2NO2/c1-3-9(13(17)18-2)4-5-16-12-7-10(14)6-11(15)8-12/h4,6-8,16H,3,5H2,1-2H3/b9-4-. The summed E-state index contributed by atoms with van der Waals surface area (Å²) in [5, 5.41) is 4.25. The van der Waals surface area contributed by atoms with Gasteiger partial charge in [0.25, 0.3) is 0 Å². The van der Waals surface area contributed by atoms with Crippen LogP contribution in [-0.2, 0) is 9.53 Å². The predicted molar refractivity (Wildman–Crippen MR) is 75.3 cm³/mol. The van der Waals surface area contributed by atoms with Crippen molar-refractivity contribution >= 4 is 34.9 Å². The van der Waals surface area contributed by atoms with Crippen molar-refractivity contribution in [2.75, 3.05) is 19.0 Å². The van der Waals surface area contributed by atoms with Gasteiger partial charge in [0.1, 0.15) is 0 Å². The number of carbonyl (C=O) groups is 1. The molecule has 5 heteroatoms. The monoisotopic (exact) mass is 287 g/mol. The van der Waals surface area contributed by atoms with Crippen LogP contribution < -0.4 is 5.32 Å². The molecule has 0 saturated carbocycles. The smallest absolute Gasteiger partial charge is 0.333 e. The molecule has 0 saturated heterocycles. The number of ether oxygens (including phenoxy) is 1. The SMILES string of the molecule is CC/C(=C/CNc1cc(Cl)cc(Cl)c1)C(=O)OC.